The average Bonchev–Trinajstić information content (AvgIpc) is 2.49. The Morgan fingerprint density at radius 3 is 2.45 bits per heavy atom. The first-order valence-corrected chi connectivity index (χ1v) is 6.97. The van der Waals surface area contributed by atoms with Gasteiger partial charge in [-0.05, 0) is 60.9 Å². The molecule has 0 N–H and O–H groups in total. The van der Waals surface area contributed by atoms with E-state index in [1.807, 2.05) is 24.3 Å². The number of aliphatic imine (C=N–C) groups is 1. The lowest BCUT2D eigenvalue weighted by Crippen LogP contribution is -2.03. The number of carbonyl (C=O) groups excluding carboxylic acids is 1. The van der Waals surface area contributed by atoms with Crippen LogP contribution in [-0.4, -0.2) is 19.3 Å². The molecule has 0 saturated carbocycles. The third-order valence-corrected chi connectivity index (χ3v) is 3.29. The summed E-state index contributed by atoms with van der Waals surface area (Å²) >= 11 is 0. The summed E-state index contributed by atoms with van der Waals surface area (Å²) < 4.78 is 10.3. The number of methoxy groups -OCH3 is 1. The van der Waals surface area contributed by atoms with Gasteiger partial charge in [0.25, 0.3) is 0 Å². The topological polar surface area (TPSA) is 47.9 Å². The van der Waals surface area contributed by atoms with Crippen LogP contribution in [0.2, 0.25) is 0 Å². The van der Waals surface area contributed by atoms with Gasteiger partial charge in [-0.15, -0.1) is 0 Å². The number of hydrogen-bond donors (Lipinski definition) is 0. The summed E-state index contributed by atoms with van der Waals surface area (Å²) in [5.41, 5.74) is 4.21. The van der Waals surface area contributed by atoms with Crippen molar-refractivity contribution in [3.63, 3.8) is 0 Å². The molecule has 0 aliphatic rings. The molecule has 0 aliphatic heterocycles. The van der Waals surface area contributed by atoms with E-state index in [0.717, 1.165) is 11.3 Å². The van der Waals surface area contributed by atoms with Crippen molar-refractivity contribution in [2.24, 2.45) is 4.99 Å². The molecule has 2 rings (SSSR count). The van der Waals surface area contributed by atoms with Gasteiger partial charge in [0.2, 0.25) is 0 Å². The van der Waals surface area contributed by atoms with Crippen molar-refractivity contribution in [2.75, 3.05) is 7.11 Å². The van der Waals surface area contributed by atoms with Crippen molar-refractivity contribution in [1.29, 1.82) is 0 Å². The number of hydrogen-bond acceptors (Lipinski definition) is 4. The Morgan fingerprint density at radius 2 is 1.82 bits per heavy atom. The molecule has 4 heteroatoms. The van der Waals surface area contributed by atoms with Gasteiger partial charge >= 0.3 is 5.97 Å². The van der Waals surface area contributed by atoms with Crippen LogP contribution in [0.25, 0.3) is 0 Å². The van der Waals surface area contributed by atoms with E-state index >= 15 is 0 Å². The SMILES string of the molecule is COc1cc(C=Nc2ccc(C)c(C)c2)ccc1OC(C)=O. The first kappa shape index (κ1) is 15.8. The van der Waals surface area contributed by atoms with E-state index in [1.165, 1.54) is 25.2 Å². The fraction of sp³-hybridized carbons (Fsp3) is 0.222. The predicted octanol–water partition coefficient (Wildman–Crippen LogP) is 3.99. The van der Waals surface area contributed by atoms with Crippen molar-refractivity contribution in [2.45, 2.75) is 20.8 Å². The van der Waals surface area contributed by atoms with E-state index in [2.05, 4.69) is 18.8 Å². The zero-order chi connectivity index (χ0) is 16.1. The minimum absolute atomic E-state index is 0.380. The lowest BCUT2D eigenvalue weighted by molar-refractivity contribution is -0.132. The number of rotatable bonds is 4. The summed E-state index contributed by atoms with van der Waals surface area (Å²) in [6.45, 7) is 5.49. The number of ether oxygens (including phenoxy) is 2. The molecule has 0 fully saturated rings. The first-order valence-electron chi connectivity index (χ1n) is 6.97. The van der Waals surface area contributed by atoms with Gasteiger partial charge in [-0.1, -0.05) is 6.07 Å². The number of aryl methyl sites for hydroxylation is 2. The Hall–Kier alpha value is -2.62. The minimum Gasteiger partial charge on any atom is -0.493 e. The second-order valence-corrected chi connectivity index (χ2v) is 5.03. The number of benzene rings is 2. The molecule has 2 aromatic rings. The van der Waals surface area contributed by atoms with E-state index in [9.17, 15) is 4.79 Å². The molecule has 0 unspecified atom stereocenters. The van der Waals surface area contributed by atoms with E-state index in [4.69, 9.17) is 9.47 Å². The van der Waals surface area contributed by atoms with E-state index < -0.39 is 0 Å². The molecular weight excluding hydrogens is 278 g/mol. The second kappa shape index (κ2) is 6.89. The molecule has 0 radical (unpaired) electrons. The summed E-state index contributed by atoms with van der Waals surface area (Å²) in [5, 5.41) is 0. The number of nitrogens with zero attached hydrogens (tertiary/aromatic N) is 1. The predicted molar refractivity (Wildman–Crippen MR) is 87.5 cm³/mol. The van der Waals surface area contributed by atoms with Crippen LogP contribution >= 0.6 is 0 Å². The molecule has 0 bridgehead atoms. The third kappa shape index (κ3) is 3.95. The average molecular weight is 297 g/mol. The van der Waals surface area contributed by atoms with Crippen molar-refractivity contribution in [3.8, 4) is 11.5 Å². The van der Waals surface area contributed by atoms with Crippen molar-refractivity contribution in [1.82, 2.24) is 0 Å². The largest absolute Gasteiger partial charge is 0.493 e. The maximum atomic E-state index is 11.0. The highest BCUT2D eigenvalue weighted by atomic mass is 16.6. The van der Waals surface area contributed by atoms with Gasteiger partial charge < -0.3 is 9.47 Å². The van der Waals surface area contributed by atoms with Crippen molar-refractivity contribution in [3.05, 3.63) is 53.1 Å². The molecular formula is C18H19NO3. The van der Waals surface area contributed by atoms with Crippen LogP contribution < -0.4 is 9.47 Å². The Morgan fingerprint density at radius 1 is 1.05 bits per heavy atom. The summed E-state index contributed by atoms with van der Waals surface area (Å²) in [6, 6.07) is 11.4. The second-order valence-electron chi connectivity index (χ2n) is 5.03. The van der Waals surface area contributed by atoms with Gasteiger partial charge in [0.1, 0.15) is 0 Å². The maximum absolute atomic E-state index is 11.0. The number of esters is 1. The molecule has 0 spiro atoms. The Bertz CT molecular complexity index is 720. The molecule has 0 aliphatic carbocycles. The van der Waals surface area contributed by atoms with Crippen LogP contribution in [0.3, 0.4) is 0 Å². The fourth-order valence-corrected chi connectivity index (χ4v) is 1.96. The quantitative estimate of drug-likeness (QED) is 0.487. The molecule has 0 atom stereocenters. The van der Waals surface area contributed by atoms with E-state index in [1.54, 1.807) is 18.3 Å². The van der Waals surface area contributed by atoms with Gasteiger partial charge in [-0.25, -0.2) is 0 Å². The van der Waals surface area contributed by atoms with Crippen molar-refractivity contribution < 1.29 is 14.3 Å². The number of carbonyl (C=O) groups is 1. The van der Waals surface area contributed by atoms with Crippen LogP contribution in [0, 0.1) is 13.8 Å². The fourth-order valence-electron chi connectivity index (χ4n) is 1.96. The summed E-state index contributed by atoms with van der Waals surface area (Å²) in [4.78, 5) is 15.5. The van der Waals surface area contributed by atoms with E-state index in [-0.39, 0.29) is 5.97 Å². The standard InChI is InChI=1S/C18H19NO3/c1-12-5-7-16(9-13(12)2)19-11-15-6-8-17(22-14(3)20)18(10-15)21-4/h5-11H,1-4H3. The summed E-state index contributed by atoms with van der Waals surface area (Å²) in [5.74, 6) is 0.521. The minimum atomic E-state index is -0.380. The third-order valence-electron chi connectivity index (χ3n) is 3.29. The highest BCUT2D eigenvalue weighted by molar-refractivity contribution is 5.83. The summed E-state index contributed by atoms with van der Waals surface area (Å²) in [7, 11) is 1.53. The molecule has 0 amide bonds. The Labute approximate surface area is 130 Å². The highest BCUT2D eigenvalue weighted by Crippen LogP contribution is 2.28. The first-order chi connectivity index (χ1) is 10.5. The molecule has 2 aromatic carbocycles. The van der Waals surface area contributed by atoms with Gasteiger partial charge in [0.05, 0.1) is 12.8 Å². The lowest BCUT2D eigenvalue weighted by atomic mass is 10.1. The van der Waals surface area contributed by atoms with E-state index in [0.29, 0.717) is 11.5 Å². The molecule has 0 saturated heterocycles. The van der Waals surface area contributed by atoms with Crippen LogP contribution in [0.15, 0.2) is 41.4 Å². The molecule has 0 aromatic heterocycles. The van der Waals surface area contributed by atoms with Gasteiger partial charge in [0, 0.05) is 13.1 Å². The van der Waals surface area contributed by atoms with Gasteiger partial charge in [-0.2, -0.15) is 0 Å². The molecule has 0 heterocycles. The smallest absolute Gasteiger partial charge is 0.308 e. The lowest BCUT2D eigenvalue weighted by Gasteiger charge is -2.08. The van der Waals surface area contributed by atoms with Crippen LogP contribution in [-0.2, 0) is 4.79 Å². The van der Waals surface area contributed by atoms with Crippen LogP contribution in [0.1, 0.15) is 23.6 Å². The zero-order valence-corrected chi connectivity index (χ0v) is 13.2. The van der Waals surface area contributed by atoms with Gasteiger partial charge in [0.15, 0.2) is 11.5 Å². The van der Waals surface area contributed by atoms with Crippen LogP contribution in [0.4, 0.5) is 5.69 Å². The maximum Gasteiger partial charge on any atom is 0.308 e. The summed E-state index contributed by atoms with van der Waals surface area (Å²) in [6.07, 6.45) is 1.75. The zero-order valence-electron chi connectivity index (χ0n) is 13.2. The Balaban J connectivity index is 2.23. The molecule has 114 valence electrons. The molecule has 4 nitrogen and oxygen atoms in total. The highest BCUT2D eigenvalue weighted by Gasteiger charge is 2.07. The van der Waals surface area contributed by atoms with Crippen LogP contribution in [0.5, 0.6) is 11.5 Å². The molecule has 22 heavy (non-hydrogen) atoms. The monoisotopic (exact) mass is 297 g/mol. The van der Waals surface area contributed by atoms with Gasteiger partial charge in [-0.3, -0.25) is 9.79 Å². The Kier molecular flexibility index (Phi) is 4.94. The van der Waals surface area contributed by atoms with Crippen molar-refractivity contribution >= 4 is 17.9 Å². The normalized spacial score (nSPS) is 10.7.